The van der Waals surface area contributed by atoms with Crippen LogP contribution in [0.4, 0.5) is 0 Å². The standard InChI is InChI=1S/C17H25N3/c1-4-9-18-17(10-15-12-19-20(3)13-15)11-16-8-6-5-7-14(16)2/h5-8,12-13,17-18H,4,9-11H2,1-3H3. The molecule has 0 amide bonds. The quantitative estimate of drug-likeness (QED) is 0.839. The smallest absolute Gasteiger partial charge is 0.0522 e. The van der Waals surface area contributed by atoms with Crippen molar-refractivity contribution >= 4 is 0 Å². The van der Waals surface area contributed by atoms with E-state index in [4.69, 9.17) is 0 Å². The van der Waals surface area contributed by atoms with Gasteiger partial charge in [-0.25, -0.2) is 0 Å². The fraction of sp³-hybridized carbons (Fsp3) is 0.471. The Kier molecular flexibility index (Phi) is 5.36. The van der Waals surface area contributed by atoms with Crippen molar-refractivity contribution in [1.82, 2.24) is 15.1 Å². The van der Waals surface area contributed by atoms with E-state index in [0.717, 1.165) is 25.8 Å². The summed E-state index contributed by atoms with van der Waals surface area (Å²) in [5.41, 5.74) is 4.11. The second kappa shape index (κ2) is 7.25. The van der Waals surface area contributed by atoms with E-state index in [-0.39, 0.29) is 0 Å². The zero-order chi connectivity index (χ0) is 14.4. The molecule has 0 saturated heterocycles. The second-order valence-electron chi connectivity index (χ2n) is 5.51. The van der Waals surface area contributed by atoms with Crippen LogP contribution in [-0.2, 0) is 19.9 Å². The molecular weight excluding hydrogens is 246 g/mol. The molecule has 3 heteroatoms. The van der Waals surface area contributed by atoms with Gasteiger partial charge in [0.2, 0.25) is 0 Å². The van der Waals surface area contributed by atoms with Crippen LogP contribution >= 0.6 is 0 Å². The molecule has 0 spiro atoms. The average Bonchev–Trinajstić information content (AvgIpc) is 2.84. The Morgan fingerprint density at radius 3 is 2.70 bits per heavy atom. The van der Waals surface area contributed by atoms with E-state index in [9.17, 15) is 0 Å². The molecule has 0 aliphatic carbocycles. The third-order valence-electron chi connectivity index (χ3n) is 3.65. The average molecular weight is 271 g/mol. The summed E-state index contributed by atoms with van der Waals surface area (Å²) in [6.45, 7) is 5.47. The number of nitrogens with zero attached hydrogens (tertiary/aromatic N) is 2. The second-order valence-corrected chi connectivity index (χ2v) is 5.51. The molecule has 0 aliphatic heterocycles. The molecule has 1 heterocycles. The molecule has 0 radical (unpaired) electrons. The highest BCUT2D eigenvalue weighted by Gasteiger charge is 2.12. The predicted octanol–water partition coefficient (Wildman–Crippen LogP) is 2.88. The first kappa shape index (κ1) is 14.8. The Hall–Kier alpha value is -1.61. The Morgan fingerprint density at radius 2 is 2.05 bits per heavy atom. The van der Waals surface area contributed by atoms with Crippen molar-refractivity contribution in [2.45, 2.75) is 39.2 Å². The fourth-order valence-electron chi connectivity index (χ4n) is 2.53. The molecule has 1 atom stereocenters. The monoisotopic (exact) mass is 271 g/mol. The van der Waals surface area contributed by atoms with Crippen molar-refractivity contribution in [1.29, 1.82) is 0 Å². The lowest BCUT2D eigenvalue weighted by molar-refractivity contribution is 0.504. The molecule has 2 aromatic rings. The minimum absolute atomic E-state index is 0.472. The van der Waals surface area contributed by atoms with E-state index < -0.39 is 0 Å². The molecule has 1 unspecified atom stereocenters. The van der Waals surface area contributed by atoms with Crippen molar-refractivity contribution < 1.29 is 0 Å². The van der Waals surface area contributed by atoms with E-state index in [1.54, 1.807) is 0 Å². The van der Waals surface area contributed by atoms with Crippen LogP contribution in [0.15, 0.2) is 36.7 Å². The van der Waals surface area contributed by atoms with Crippen LogP contribution in [0.5, 0.6) is 0 Å². The van der Waals surface area contributed by atoms with E-state index in [0.29, 0.717) is 6.04 Å². The molecule has 108 valence electrons. The minimum atomic E-state index is 0.472. The molecule has 0 saturated carbocycles. The van der Waals surface area contributed by atoms with Crippen LogP contribution in [0.1, 0.15) is 30.0 Å². The Balaban J connectivity index is 2.05. The number of nitrogens with one attached hydrogen (secondary N) is 1. The third kappa shape index (κ3) is 4.20. The van der Waals surface area contributed by atoms with Crippen molar-refractivity contribution in [3.8, 4) is 0 Å². The van der Waals surface area contributed by atoms with Crippen LogP contribution in [0, 0.1) is 6.92 Å². The first-order valence-corrected chi connectivity index (χ1v) is 7.44. The Bertz CT molecular complexity index is 531. The fourth-order valence-corrected chi connectivity index (χ4v) is 2.53. The van der Waals surface area contributed by atoms with Crippen LogP contribution < -0.4 is 5.32 Å². The topological polar surface area (TPSA) is 29.9 Å². The lowest BCUT2D eigenvalue weighted by Gasteiger charge is -2.19. The maximum Gasteiger partial charge on any atom is 0.0522 e. The van der Waals surface area contributed by atoms with Gasteiger partial charge in [0.1, 0.15) is 0 Å². The molecule has 2 rings (SSSR count). The maximum atomic E-state index is 4.26. The lowest BCUT2D eigenvalue weighted by atomic mass is 9.97. The molecule has 1 aromatic carbocycles. The van der Waals surface area contributed by atoms with Gasteiger partial charge < -0.3 is 5.32 Å². The maximum absolute atomic E-state index is 4.26. The summed E-state index contributed by atoms with van der Waals surface area (Å²) in [6, 6.07) is 9.13. The number of hydrogen-bond acceptors (Lipinski definition) is 2. The molecule has 0 bridgehead atoms. The summed E-state index contributed by atoms with van der Waals surface area (Å²) < 4.78 is 1.87. The van der Waals surface area contributed by atoms with E-state index in [1.165, 1.54) is 16.7 Å². The molecule has 0 fully saturated rings. The van der Waals surface area contributed by atoms with Crippen molar-refractivity contribution in [3.05, 3.63) is 53.3 Å². The van der Waals surface area contributed by atoms with Gasteiger partial charge in [0.15, 0.2) is 0 Å². The number of aryl methyl sites for hydroxylation is 2. The van der Waals surface area contributed by atoms with Crippen LogP contribution in [0.2, 0.25) is 0 Å². The molecule has 20 heavy (non-hydrogen) atoms. The summed E-state index contributed by atoms with van der Waals surface area (Å²) in [4.78, 5) is 0. The normalized spacial score (nSPS) is 12.6. The largest absolute Gasteiger partial charge is 0.313 e. The van der Waals surface area contributed by atoms with Gasteiger partial charge in [-0.1, -0.05) is 31.2 Å². The Morgan fingerprint density at radius 1 is 1.25 bits per heavy atom. The van der Waals surface area contributed by atoms with Crippen molar-refractivity contribution in [2.24, 2.45) is 7.05 Å². The van der Waals surface area contributed by atoms with Gasteiger partial charge >= 0.3 is 0 Å². The van der Waals surface area contributed by atoms with Gasteiger partial charge in [0, 0.05) is 19.3 Å². The van der Waals surface area contributed by atoms with Crippen LogP contribution in [0.3, 0.4) is 0 Å². The predicted molar refractivity (Wildman–Crippen MR) is 83.9 cm³/mol. The Labute approximate surface area is 122 Å². The van der Waals surface area contributed by atoms with E-state index >= 15 is 0 Å². The molecular formula is C17H25N3. The van der Waals surface area contributed by atoms with Gasteiger partial charge in [0.05, 0.1) is 6.20 Å². The zero-order valence-corrected chi connectivity index (χ0v) is 12.8. The van der Waals surface area contributed by atoms with Crippen molar-refractivity contribution in [2.75, 3.05) is 6.54 Å². The molecule has 1 N–H and O–H groups in total. The number of aromatic nitrogens is 2. The number of rotatable bonds is 7. The first-order valence-electron chi connectivity index (χ1n) is 7.44. The number of hydrogen-bond donors (Lipinski definition) is 1. The highest BCUT2D eigenvalue weighted by atomic mass is 15.2. The van der Waals surface area contributed by atoms with Gasteiger partial charge in [-0.05, 0) is 49.4 Å². The van der Waals surface area contributed by atoms with Crippen LogP contribution in [-0.4, -0.2) is 22.4 Å². The SMILES string of the molecule is CCCNC(Cc1cnn(C)c1)Cc1ccccc1C. The van der Waals surface area contributed by atoms with Gasteiger partial charge in [-0.3, -0.25) is 4.68 Å². The van der Waals surface area contributed by atoms with Gasteiger partial charge in [-0.15, -0.1) is 0 Å². The van der Waals surface area contributed by atoms with E-state index in [2.05, 4.69) is 54.7 Å². The first-order chi connectivity index (χ1) is 9.69. The van der Waals surface area contributed by atoms with Crippen molar-refractivity contribution in [3.63, 3.8) is 0 Å². The number of benzene rings is 1. The molecule has 1 aromatic heterocycles. The summed E-state index contributed by atoms with van der Waals surface area (Å²) >= 11 is 0. The summed E-state index contributed by atoms with van der Waals surface area (Å²) in [5, 5.41) is 7.93. The summed E-state index contributed by atoms with van der Waals surface area (Å²) in [7, 11) is 1.97. The summed E-state index contributed by atoms with van der Waals surface area (Å²) in [6.07, 6.45) is 7.35. The van der Waals surface area contributed by atoms with Gasteiger partial charge in [-0.2, -0.15) is 5.10 Å². The van der Waals surface area contributed by atoms with E-state index in [1.807, 2.05) is 17.9 Å². The van der Waals surface area contributed by atoms with Gasteiger partial charge in [0.25, 0.3) is 0 Å². The molecule has 0 aliphatic rings. The minimum Gasteiger partial charge on any atom is -0.313 e. The highest BCUT2D eigenvalue weighted by molar-refractivity contribution is 5.26. The lowest BCUT2D eigenvalue weighted by Crippen LogP contribution is -2.34. The third-order valence-corrected chi connectivity index (χ3v) is 3.65. The zero-order valence-electron chi connectivity index (χ0n) is 12.8. The summed E-state index contributed by atoms with van der Waals surface area (Å²) in [5.74, 6) is 0. The van der Waals surface area contributed by atoms with Crippen LogP contribution in [0.25, 0.3) is 0 Å². The molecule has 3 nitrogen and oxygen atoms in total. The highest BCUT2D eigenvalue weighted by Crippen LogP contribution is 2.12.